The second-order valence-corrected chi connectivity index (χ2v) is 6.08. The predicted octanol–water partition coefficient (Wildman–Crippen LogP) is 2.66. The van der Waals surface area contributed by atoms with Crippen LogP contribution < -0.4 is 5.32 Å². The van der Waals surface area contributed by atoms with E-state index >= 15 is 0 Å². The Morgan fingerprint density at radius 3 is 3.04 bits per heavy atom. The molecule has 1 saturated heterocycles. The molecule has 2 heterocycles. The standard InChI is InChI=1S/C18H24N4O2/c1-2-24-18(23)17-14(11-19-21-17)12-22-10-6-9-16(13-22)20-15-7-4-3-5-8-15/h3-5,7-8,11,16,20H,2,6,9-10,12-13H2,1H3,(H,19,21)/t16-/m1/s1. The lowest BCUT2D eigenvalue weighted by Gasteiger charge is -2.33. The van der Waals surface area contributed by atoms with Crippen LogP contribution in [-0.4, -0.2) is 46.8 Å². The lowest BCUT2D eigenvalue weighted by molar-refractivity contribution is 0.0516. The van der Waals surface area contributed by atoms with E-state index in [-0.39, 0.29) is 5.97 Å². The van der Waals surface area contributed by atoms with Crippen LogP contribution in [0.5, 0.6) is 0 Å². The van der Waals surface area contributed by atoms with Crippen LogP contribution in [0.25, 0.3) is 0 Å². The summed E-state index contributed by atoms with van der Waals surface area (Å²) in [7, 11) is 0. The van der Waals surface area contributed by atoms with E-state index in [1.165, 1.54) is 0 Å². The van der Waals surface area contributed by atoms with Gasteiger partial charge in [0, 0.05) is 30.4 Å². The molecule has 0 bridgehead atoms. The number of nitrogens with zero attached hydrogens (tertiary/aromatic N) is 2. The fourth-order valence-corrected chi connectivity index (χ4v) is 3.14. The Morgan fingerprint density at radius 2 is 2.25 bits per heavy atom. The van der Waals surface area contributed by atoms with E-state index < -0.39 is 0 Å². The Labute approximate surface area is 142 Å². The minimum absolute atomic E-state index is 0.332. The molecule has 2 N–H and O–H groups in total. The van der Waals surface area contributed by atoms with E-state index in [2.05, 4.69) is 32.5 Å². The van der Waals surface area contributed by atoms with Gasteiger partial charge in [0.15, 0.2) is 0 Å². The maximum Gasteiger partial charge on any atom is 0.356 e. The highest BCUT2D eigenvalue weighted by Crippen LogP contribution is 2.19. The van der Waals surface area contributed by atoms with Crippen molar-refractivity contribution in [3.8, 4) is 0 Å². The molecule has 24 heavy (non-hydrogen) atoms. The Kier molecular flexibility index (Phi) is 5.48. The van der Waals surface area contributed by atoms with Gasteiger partial charge < -0.3 is 10.1 Å². The van der Waals surface area contributed by atoms with E-state index in [4.69, 9.17) is 4.74 Å². The summed E-state index contributed by atoms with van der Waals surface area (Å²) in [6, 6.07) is 10.7. The molecule has 2 aromatic rings. The number of para-hydroxylation sites is 1. The van der Waals surface area contributed by atoms with Gasteiger partial charge in [0.2, 0.25) is 0 Å². The molecule has 128 valence electrons. The van der Waals surface area contributed by atoms with Crippen molar-refractivity contribution in [2.24, 2.45) is 0 Å². The summed E-state index contributed by atoms with van der Waals surface area (Å²) in [6.07, 6.45) is 4.01. The summed E-state index contributed by atoms with van der Waals surface area (Å²) < 4.78 is 5.08. The molecular weight excluding hydrogens is 304 g/mol. The molecule has 0 radical (unpaired) electrons. The maximum absolute atomic E-state index is 11.9. The summed E-state index contributed by atoms with van der Waals surface area (Å²) >= 11 is 0. The monoisotopic (exact) mass is 328 g/mol. The number of hydrogen-bond acceptors (Lipinski definition) is 5. The molecule has 1 fully saturated rings. The van der Waals surface area contributed by atoms with Crippen LogP contribution in [0.2, 0.25) is 0 Å². The van der Waals surface area contributed by atoms with Crippen molar-refractivity contribution in [3.05, 3.63) is 47.8 Å². The molecule has 1 aromatic carbocycles. The average molecular weight is 328 g/mol. The first-order valence-corrected chi connectivity index (χ1v) is 8.49. The number of ether oxygens (including phenoxy) is 1. The molecule has 1 aromatic heterocycles. The second kappa shape index (κ2) is 7.97. The molecule has 0 spiro atoms. The van der Waals surface area contributed by atoms with Crippen molar-refractivity contribution in [1.82, 2.24) is 15.1 Å². The number of aromatic amines is 1. The molecule has 0 aliphatic carbocycles. The molecule has 0 unspecified atom stereocenters. The number of carbonyl (C=O) groups excluding carboxylic acids is 1. The first-order chi connectivity index (χ1) is 11.8. The number of rotatable bonds is 6. The molecule has 6 heteroatoms. The van der Waals surface area contributed by atoms with Crippen LogP contribution >= 0.6 is 0 Å². The Bertz CT molecular complexity index is 656. The Morgan fingerprint density at radius 1 is 1.42 bits per heavy atom. The van der Waals surface area contributed by atoms with Crippen molar-refractivity contribution >= 4 is 11.7 Å². The minimum Gasteiger partial charge on any atom is -0.461 e. The number of esters is 1. The minimum atomic E-state index is -0.332. The normalized spacial score (nSPS) is 18.3. The molecular formula is C18H24N4O2. The van der Waals surface area contributed by atoms with Crippen molar-refractivity contribution in [2.45, 2.75) is 32.4 Å². The number of carbonyl (C=O) groups is 1. The van der Waals surface area contributed by atoms with Gasteiger partial charge in [-0.15, -0.1) is 0 Å². The van der Waals surface area contributed by atoms with E-state index in [1.54, 1.807) is 13.1 Å². The summed E-state index contributed by atoms with van der Waals surface area (Å²) in [4.78, 5) is 14.3. The number of H-pyrrole nitrogens is 1. The summed E-state index contributed by atoms with van der Waals surface area (Å²) in [5.41, 5.74) is 2.52. The van der Waals surface area contributed by atoms with E-state index in [0.29, 0.717) is 24.9 Å². The van der Waals surface area contributed by atoms with Gasteiger partial charge in [0.25, 0.3) is 0 Å². The largest absolute Gasteiger partial charge is 0.461 e. The van der Waals surface area contributed by atoms with Gasteiger partial charge in [0.1, 0.15) is 5.69 Å². The molecule has 1 atom stereocenters. The quantitative estimate of drug-likeness (QED) is 0.798. The van der Waals surface area contributed by atoms with E-state index in [9.17, 15) is 4.79 Å². The third kappa shape index (κ3) is 4.14. The highest BCUT2D eigenvalue weighted by molar-refractivity contribution is 5.88. The lowest BCUT2D eigenvalue weighted by atomic mass is 10.0. The van der Waals surface area contributed by atoms with Crippen LogP contribution in [0.4, 0.5) is 5.69 Å². The van der Waals surface area contributed by atoms with Gasteiger partial charge in [-0.3, -0.25) is 10.00 Å². The van der Waals surface area contributed by atoms with Crippen molar-refractivity contribution < 1.29 is 9.53 Å². The number of hydrogen-bond donors (Lipinski definition) is 2. The molecule has 0 saturated carbocycles. The van der Waals surface area contributed by atoms with Crippen molar-refractivity contribution in [1.29, 1.82) is 0 Å². The molecule has 0 amide bonds. The van der Waals surface area contributed by atoms with Crippen molar-refractivity contribution in [3.63, 3.8) is 0 Å². The highest BCUT2D eigenvalue weighted by atomic mass is 16.5. The number of piperidine rings is 1. The van der Waals surface area contributed by atoms with E-state index in [1.807, 2.05) is 18.2 Å². The molecule has 3 rings (SSSR count). The Hall–Kier alpha value is -2.34. The molecule has 6 nitrogen and oxygen atoms in total. The SMILES string of the molecule is CCOC(=O)c1[nH]ncc1CN1CCC[C@@H](Nc2ccccc2)C1. The number of benzene rings is 1. The summed E-state index contributed by atoms with van der Waals surface area (Å²) in [6.45, 7) is 4.85. The van der Waals surface area contributed by atoms with Gasteiger partial charge in [-0.25, -0.2) is 4.79 Å². The molecule has 1 aliphatic heterocycles. The molecule has 1 aliphatic rings. The maximum atomic E-state index is 11.9. The number of anilines is 1. The van der Waals surface area contributed by atoms with Gasteiger partial charge in [0.05, 0.1) is 12.8 Å². The zero-order chi connectivity index (χ0) is 16.8. The van der Waals surface area contributed by atoms with Crippen LogP contribution in [0.1, 0.15) is 35.8 Å². The average Bonchev–Trinajstić information content (AvgIpc) is 3.04. The van der Waals surface area contributed by atoms with Crippen molar-refractivity contribution in [2.75, 3.05) is 25.0 Å². The summed E-state index contributed by atoms with van der Waals surface area (Å²) in [5, 5.41) is 10.4. The zero-order valence-corrected chi connectivity index (χ0v) is 14.0. The third-order valence-corrected chi connectivity index (χ3v) is 4.24. The smallest absolute Gasteiger partial charge is 0.356 e. The second-order valence-electron chi connectivity index (χ2n) is 6.08. The Balaban J connectivity index is 1.60. The lowest BCUT2D eigenvalue weighted by Crippen LogP contribution is -2.41. The van der Waals surface area contributed by atoms with Gasteiger partial charge in [-0.05, 0) is 38.4 Å². The fourth-order valence-electron chi connectivity index (χ4n) is 3.14. The fraction of sp³-hybridized carbons (Fsp3) is 0.444. The first kappa shape index (κ1) is 16.5. The predicted molar refractivity (Wildman–Crippen MR) is 92.9 cm³/mol. The van der Waals surface area contributed by atoms with Crippen LogP contribution in [0.15, 0.2) is 36.5 Å². The summed E-state index contributed by atoms with van der Waals surface area (Å²) in [5.74, 6) is -0.332. The van der Waals surface area contributed by atoms with Crippen LogP contribution in [-0.2, 0) is 11.3 Å². The number of aromatic nitrogens is 2. The first-order valence-electron chi connectivity index (χ1n) is 8.49. The van der Waals surface area contributed by atoms with Crippen LogP contribution in [0.3, 0.4) is 0 Å². The van der Waals surface area contributed by atoms with Crippen LogP contribution in [0, 0.1) is 0 Å². The van der Waals surface area contributed by atoms with Gasteiger partial charge >= 0.3 is 5.97 Å². The topological polar surface area (TPSA) is 70.2 Å². The number of likely N-dealkylation sites (tertiary alicyclic amines) is 1. The van der Waals surface area contributed by atoms with Gasteiger partial charge in [-0.2, -0.15) is 5.10 Å². The number of nitrogens with one attached hydrogen (secondary N) is 2. The zero-order valence-electron chi connectivity index (χ0n) is 14.0. The third-order valence-electron chi connectivity index (χ3n) is 4.24. The highest BCUT2D eigenvalue weighted by Gasteiger charge is 2.23. The van der Waals surface area contributed by atoms with E-state index in [0.717, 1.165) is 37.2 Å². The van der Waals surface area contributed by atoms with Gasteiger partial charge in [-0.1, -0.05) is 18.2 Å².